The van der Waals surface area contributed by atoms with Crippen molar-refractivity contribution in [1.29, 1.82) is 0 Å². The molecule has 0 aromatic carbocycles. The van der Waals surface area contributed by atoms with Crippen molar-refractivity contribution in [3.63, 3.8) is 0 Å². The van der Waals surface area contributed by atoms with Gasteiger partial charge in [-0.2, -0.15) is 0 Å². The minimum atomic E-state index is -2.04. The van der Waals surface area contributed by atoms with Crippen LogP contribution < -0.4 is 5.73 Å². The van der Waals surface area contributed by atoms with Gasteiger partial charge in [0.25, 0.3) is 0 Å². The number of hydrogen-bond donors (Lipinski definition) is 1. The lowest BCUT2D eigenvalue weighted by atomic mass is 10.3. The average molecular weight is 127 g/mol. The molecule has 0 heterocycles. The smallest absolute Gasteiger partial charge is 0.161 e. The number of nitrogens with two attached hydrogens (primary N) is 1. The maximum atomic E-state index is 11.8. The SMILES string of the molecule is NCC(F)C(F)CF. The lowest BCUT2D eigenvalue weighted by Gasteiger charge is -2.05. The lowest BCUT2D eigenvalue weighted by molar-refractivity contribution is 0.143. The normalized spacial score (nSPS) is 18.0. The van der Waals surface area contributed by atoms with Gasteiger partial charge < -0.3 is 5.73 Å². The largest absolute Gasteiger partial charge is 0.328 e. The van der Waals surface area contributed by atoms with E-state index in [0.29, 0.717) is 0 Å². The van der Waals surface area contributed by atoms with Crippen molar-refractivity contribution < 1.29 is 13.2 Å². The van der Waals surface area contributed by atoms with Crippen molar-refractivity contribution in [2.24, 2.45) is 5.73 Å². The Morgan fingerprint density at radius 2 is 1.75 bits per heavy atom. The first-order valence-electron chi connectivity index (χ1n) is 2.26. The molecule has 0 amide bonds. The first-order valence-corrected chi connectivity index (χ1v) is 2.26. The second kappa shape index (κ2) is 3.72. The van der Waals surface area contributed by atoms with E-state index < -0.39 is 25.6 Å². The van der Waals surface area contributed by atoms with E-state index in [1.54, 1.807) is 0 Å². The third-order valence-electron chi connectivity index (χ3n) is 0.765. The van der Waals surface area contributed by atoms with Crippen LogP contribution in [0.1, 0.15) is 0 Å². The molecule has 0 rings (SSSR count). The molecule has 0 saturated heterocycles. The molecule has 1 nitrogen and oxygen atoms in total. The molecule has 0 aliphatic carbocycles. The highest BCUT2D eigenvalue weighted by Crippen LogP contribution is 2.01. The van der Waals surface area contributed by atoms with Gasteiger partial charge in [0.05, 0.1) is 0 Å². The molecular formula is C4H8F3N. The molecule has 0 bridgehead atoms. The number of hydrogen-bond acceptors (Lipinski definition) is 1. The number of alkyl halides is 3. The van der Waals surface area contributed by atoms with E-state index in [-0.39, 0.29) is 0 Å². The molecule has 2 unspecified atom stereocenters. The van der Waals surface area contributed by atoms with Crippen LogP contribution in [0.25, 0.3) is 0 Å². The van der Waals surface area contributed by atoms with Crippen LogP contribution >= 0.6 is 0 Å². The van der Waals surface area contributed by atoms with Gasteiger partial charge in [-0.05, 0) is 0 Å². The van der Waals surface area contributed by atoms with Crippen molar-refractivity contribution >= 4 is 0 Å². The summed E-state index contributed by atoms with van der Waals surface area (Å²) in [4.78, 5) is 0. The van der Waals surface area contributed by atoms with Crippen LogP contribution in [0.4, 0.5) is 13.2 Å². The molecule has 4 heteroatoms. The zero-order chi connectivity index (χ0) is 6.57. The summed E-state index contributed by atoms with van der Waals surface area (Å²) >= 11 is 0. The Labute approximate surface area is 45.7 Å². The standard InChI is InChI=1S/C4H8F3N/c5-1-3(6)4(7)2-8/h3-4H,1-2,8H2. The van der Waals surface area contributed by atoms with Gasteiger partial charge in [0.15, 0.2) is 6.17 Å². The third kappa shape index (κ3) is 2.16. The number of halogens is 3. The van der Waals surface area contributed by atoms with Gasteiger partial charge >= 0.3 is 0 Å². The van der Waals surface area contributed by atoms with Gasteiger partial charge in [-0.15, -0.1) is 0 Å². The Morgan fingerprint density at radius 1 is 1.25 bits per heavy atom. The molecule has 0 aromatic heterocycles. The predicted octanol–water partition coefficient (Wildman–Crippen LogP) is 0.591. The molecule has 2 N–H and O–H groups in total. The molecule has 0 saturated carbocycles. The van der Waals surface area contributed by atoms with Crippen LogP contribution in [0.5, 0.6) is 0 Å². The van der Waals surface area contributed by atoms with E-state index in [1.165, 1.54) is 0 Å². The van der Waals surface area contributed by atoms with Crippen molar-refractivity contribution in [3.05, 3.63) is 0 Å². The highest BCUT2D eigenvalue weighted by atomic mass is 19.2. The number of rotatable bonds is 3. The van der Waals surface area contributed by atoms with E-state index in [9.17, 15) is 13.2 Å². The van der Waals surface area contributed by atoms with Gasteiger partial charge in [0, 0.05) is 6.54 Å². The molecule has 0 spiro atoms. The Kier molecular flexibility index (Phi) is 3.60. The fourth-order valence-electron chi connectivity index (χ4n) is 0.244. The van der Waals surface area contributed by atoms with Crippen LogP contribution in [0.15, 0.2) is 0 Å². The highest BCUT2D eigenvalue weighted by Gasteiger charge is 2.17. The van der Waals surface area contributed by atoms with Gasteiger partial charge in [-0.1, -0.05) is 0 Å². The minimum absolute atomic E-state index is 0.453. The van der Waals surface area contributed by atoms with Crippen LogP contribution in [0, 0.1) is 0 Å². The Hall–Kier alpha value is -0.250. The summed E-state index contributed by atoms with van der Waals surface area (Å²) in [5.41, 5.74) is 4.67. The zero-order valence-electron chi connectivity index (χ0n) is 4.28. The Balaban J connectivity index is 3.29. The average Bonchev–Trinajstić information content (AvgIpc) is 1.84. The monoisotopic (exact) mass is 127 g/mol. The predicted molar refractivity (Wildman–Crippen MR) is 24.8 cm³/mol. The third-order valence-corrected chi connectivity index (χ3v) is 0.765. The summed E-state index contributed by atoms with van der Waals surface area (Å²) in [6, 6.07) is 0. The summed E-state index contributed by atoms with van der Waals surface area (Å²) in [5.74, 6) is 0. The highest BCUT2D eigenvalue weighted by molar-refractivity contribution is 4.66. The van der Waals surface area contributed by atoms with Crippen molar-refractivity contribution in [1.82, 2.24) is 0 Å². The first-order chi connectivity index (χ1) is 3.72. The molecule has 0 aromatic rings. The fourth-order valence-corrected chi connectivity index (χ4v) is 0.244. The van der Waals surface area contributed by atoms with Crippen LogP contribution in [0.2, 0.25) is 0 Å². The summed E-state index contributed by atoms with van der Waals surface area (Å²) in [5, 5.41) is 0. The van der Waals surface area contributed by atoms with Gasteiger partial charge in [0.1, 0.15) is 12.8 Å². The van der Waals surface area contributed by atoms with E-state index in [1.807, 2.05) is 0 Å². The molecule has 0 radical (unpaired) electrons. The van der Waals surface area contributed by atoms with E-state index in [2.05, 4.69) is 5.73 Å². The molecule has 8 heavy (non-hydrogen) atoms. The molecular weight excluding hydrogens is 119 g/mol. The maximum absolute atomic E-state index is 11.8. The molecule has 0 aliphatic heterocycles. The van der Waals surface area contributed by atoms with Crippen molar-refractivity contribution in [3.8, 4) is 0 Å². The molecule has 0 fully saturated rings. The maximum Gasteiger partial charge on any atom is 0.161 e. The van der Waals surface area contributed by atoms with Gasteiger partial charge in [0.2, 0.25) is 0 Å². The minimum Gasteiger partial charge on any atom is -0.328 e. The van der Waals surface area contributed by atoms with Crippen molar-refractivity contribution in [2.45, 2.75) is 12.3 Å². The quantitative estimate of drug-likeness (QED) is 0.590. The second-order valence-corrected chi connectivity index (χ2v) is 1.42. The topological polar surface area (TPSA) is 26.0 Å². The Bertz CT molecular complexity index is 51.2. The van der Waals surface area contributed by atoms with E-state index in [0.717, 1.165) is 0 Å². The summed E-state index contributed by atoms with van der Waals surface area (Å²) < 4.78 is 34.6. The zero-order valence-corrected chi connectivity index (χ0v) is 4.28. The van der Waals surface area contributed by atoms with Crippen LogP contribution in [-0.4, -0.2) is 25.6 Å². The first kappa shape index (κ1) is 7.75. The molecule has 0 aliphatic rings. The second-order valence-electron chi connectivity index (χ2n) is 1.42. The summed E-state index contributed by atoms with van der Waals surface area (Å²) in [6.07, 6.45) is -3.89. The fraction of sp³-hybridized carbons (Fsp3) is 1.00. The Morgan fingerprint density at radius 3 is 1.88 bits per heavy atom. The van der Waals surface area contributed by atoms with E-state index >= 15 is 0 Å². The summed E-state index contributed by atoms with van der Waals surface area (Å²) in [6.45, 7) is -1.75. The summed E-state index contributed by atoms with van der Waals surface area (Å²) in [7, 11) is 0. The van der Waals surface area contributed by atoms with Crippen LogP contribution in [0.3, 0.4) is 0 Å². The van der Waals surface area contributed by atoms with Crippen LogP contribution in [-0.2, 0) is 0 Å². The van der Waals surface area contributed by atoms with E-state index in [4.69, 9.17) is 0 Å². The van der Waals surface area contributed by atoms with Crippen molar-refractivity contribution in [2.75, 3.05) is 13.2 Å². The molecule has 50 valence electrons. The van der Waals surface area contributed by atoms with Gasteiger partial charge in [-0.3, -0.25) is 0 Å². The lowest BCUT2D eigenvalue weighted by Crippen LogP contribution is -2.27. The molecule has 2 atom stereocenters. The van der Waals surface area contributed by atoms with Gasteiger partial charge in [-0.25, -0.2) is 13.2 Å².